The van der Waals surface area contributed by atoms with E-state index >= 15 is 0 Å². The van der Waals surface area contributed by atoms with E-state index in [2.05, 4.69) is 5.10 Å². The van der Waals surface area contributed by atoms with E-state index in [0.717, 1.165) is 25.0 Å². The predicted molar refractivity (Wildman–Crippen MR) is 71.3 cm³/mol. The van der Waals surface area contributed by atoms with Gasteiger partial charge in [0, 0.05) is 26.3 Å². The Morgan fingerprint density at radius 3 is 2.50 bits per heavy atom. The molecule has 108 valence electrons. The second-order valence-electron chi connectivity index (χ2n) is 6.05. The number of hydrogen-bond acceptors (Lipinski definition) is 3. The smallest absolute Gasteiger partial charge is 0.307 e. The van der Waals surface area contributed by atoms with Gasteiger partial charge < -0.3 is 10.0 Å². The van der Waals surface area contributed by atoms with Crippen LogP contribution >= 0.6 is 0 Å². The minimum absolute atomic E-state index is 0.0120. The Bertz CT molecular complexity index is 570. The molecule has 6 heteroatoms. The lowest BCUT2D eigenvalue weighted by Crippen LogP contribution is -2.40. The fourth-order valence-electron chi connectivity index (χ4n) is 3.38. The van der Waals surface area contributed by atoms with Crippen LogP contribution in [0.2, 0.25) is 0 Å². The van der Waals surface area contributed by atoms with E-state index in [-0.39, 0.29) is 17.2 Å². The zero-order chi connectivity index (χ0) is 14.5. The molecule has 0 bridgehead atoms. The molecule has 1 saturated heterocycles. The van der Waals surface area contributed by atoms with Gasteiger partial charge in [0.15, 0.2) is 0 Å². The summed E-state index contributed by atoms with van der Waals surface area (Å²) in [5.41, 5.74) is 1.36. The average Bonchev–Trinajstić information content (AvgIpc) is 2.99. The molecule has 0 radical (unpaired) electrons. The first-order chi connectivity index (χ1) is 9.43. The average molecular weight is 277 g/mol. The summed E-state index contributed by atoms with van der Waals surface area (Å²) in [6, 6.07) is 0. The highest BCUT2D eigenvalue weighted by Gasteiger charge is 2.59. The normalized spacial score (nSPS) is 23.9. The Morgan fingerprint density at radius 2 is 2.05 bits per heavy atom. The molecule has 1 atom stereocenters. The van der Waals surface area contributed by atoms with E-state index in [1.807, 2.05) is 11.8 Å². The maximum Gasteiger partial charge on any atom is 0.307 e. The molecule has 1 aromatic heterocycles. The summed E-state index contributed by atoms with van der Waals surface area (Å²) in [6.45, 7) is 3.13. The highest BCUT2D eigenvalue weighted by Crippen LogP contribution is 2.59. The van der Waals surface area contributed by atoms with E-state index in [9.17, 15) is 9.59 Å². The molecule has 1 amide bonds. The Kier molecular flexibility index (Phi) is 2.84. The topological polar surface area (TPSA) is 75.4 Å². The van der Waals surface area contributed by atoms with Gasteiger partial charge >= 0.3 is 5.97 Å². The number of piperidine rings is 1. The molecule has 3 rings (SSSR count). The molecule has 1 spiro atoms. The van der Waals surface area contributed by atoms with Crippen molar-refractivity contribution in [2.24, 2.45) is 18.4 Å². The first-order valence-corrected chi connectivity index (χ1v) is 6.95. The van der Waals surface area contributed by atoms with Gasteiger partial charge in [0.2, 0.25) is 0 Å². The highest BCUT2D eigenvalue weighted by atomic mass is 16.4. The number of carboxylic acid groups (broad SMARTS) is 1. The number of aromatic nitrogens is 2. The lowest BCUT2D eigenvalue weighted by molar-refractivity contribution is -0.139. The van der Waals surface area contributed by atoms with E-state index < -0.39 is 5.97 Å². The minimum atomic E-state index is -0.687. The zero-order valence-corrected chi connectivity index (χ0v) is 11.8. The van der Waals surface area contributed by atoms with Gasteiger partial charge in [0.1, 0.15) is 0 Å². The first-order valence-electron chi connectivity index (χ1n) is 6.95. The van der Waals surface area contributed by atoms with Crippen molar-refractivity contribution in [1.82, 2.24) is 14.7 Å². The standard InChI is InChI=1S/C14H19N3O3/c1-9-10(8-16(2)15-9)12(18)17-5-3-14(4-6-17)7-11(14)13(19)20/h8,11H,3-7H2,1-2H3,(H,19,20). The maximum atomic E-state index is 12.4. The third-order valence-corrected chi connectivity index (χ3v) is 4.78. The van der Waals surface area contributed by atoms with Gasteiger partial charge in [-0.25, -0.2) is 0 Å². The number of carbonyl (C=O) groups is 2. The third-order valence-electron chi connectivity index (χ3n) is 4.78. The molecule has 20 heavy (non-hydrogen) atoms. The van der Waals surface area contributed by atoms with E-state index in [0.29, 0.717) is 18.7 Å². The van der Waals surface area contributed by atoms with Crippen LogP contribution in [0.1, 0.15) is 35.3 Å². The van der Waals surface area contributed by atoms with Crippen molar-refractivity contribution in [1.29, 1.82) is 0 Å². The molecular formula is C14H19N3O3. The Labute approximate surface area is 117 Å². The van der Waals surface area contributed by atoms with Gasteiger partial charge in [-0.15, -0.1) is 0 Å². The van der Waals surface area contributed by atoms with Gasteiger partial charge in [-0.3, -0.25) is 14.3 Å². The Morgan fingerprint density at radius 1 is 1.40 bits per heavy atom. The van der Waals surface area contributed by atoms with Gasteiger partial charge in [-0.1, -0.05) is 0 Å². The molecular weight excluding hydrogens is 258 g/mol. The Balaban J connectivity index is 1.66. The number of aryl methyl sites for hydroxylation is 2. The van der Waals surface area contributed by atoms with Crippen LogP contribution in [0.25, 0.3) is 0 Å². The van der Waals surface area contributed by atoms with E-state index in [1.165, 1.54) is 0 Å². The molecule has 2 aliphatic rings. The molecule has 1 aromatic rings. The monoisotopic (exact) mass is 277 g/mol. The van der Waals surface area contributed by atoms with Crippen molar-refractivity contribution in [3.05, 3.63) is 17.5 Å². The van der Waals surface area contributed by atoms with Crippen molar-refractivity contribution in [3.63, 3.8) is 0 Å². The van der Waals surface area contributed by atoms with Crippen LogP contribution in [0.4, 0.5) is 0 Å². The molecule has 2 fully saturated rings. The molecule has 2 heterocycles. The van der Waals surface area contributed by atoms with Crippen molar-refractivity contribution < 1.29 is 14.7 Å². The fourth-order valence-corrected chi connectivity index (χ4v) is 3.38. The van der Waals surface area contributed by atoms with Crippen LogP contribution in [0, 0.1) is 18.3 Å². The van der Waals surface area contributed by atoms with Gasteiger partial charge in [-0.2, -0.15) is 5.10 Å². The van der Waals surface area contributed by atoms with Gasteiger partial charge in [0.05, 0.1) is 17.2 Å². The summed E-state index contributed by atoms with van der Waals surface area (Å²) in [4.78, 5) is 25.3. The number of likely N-dealkylation sites (tertiary alicyclic amines) is 1. The molecule has 1 unspecified atom stereocenters. The van der Waals surface area contributed by atoms with Crippen LogP contribution in [-0.4, -0.2) is 44.8 Å². The maximum absolute atomic E-state index is 12.4. The van der Waals surface area contributed by atoms with Crippen molar-refractivity contribution >= 4 is 11.9 Å². The molecule has 1 N–H and O–H groups in total. The zero-order valence-electron chi connectivity index (χ0n) is 11.8. The first kappa shape index (κ1) is 13.1. The number of nitrogens with zero attached hydrogens (tertiary/aromatic N) is 3. The number of aliphatic carboxylic acids is 1. The van der Waals surface area contributed by atoms with Crippen molar-refractivity contribution in [3.8, 4) is 0 Å². The quantitative estimate of drug-likeness (QED) is 0.877. The van der Waals surface area contributed by atoms with Gasteiger partial charge in [-0.05, 0) is 31.6 Å². The summed E-state index contributed by atoms with van der Waals surface area (Å²) in [5.74, 6) is -0.870. The summed E-state index contributed by atoms with van der Waals surface area (Å²) in [5, 5.41) is 13.3. The second-order valence-corrected chi connectivity index (χ2v) is 6.05. The summed E-state index contributed by atoms with van der Waals surface area (Å²) in [7, 11) is 1.80. The number of hydrogen-bond donors (Lipinski definition) is 1. The predicted octanol–water partition coefficient (Wildman–Crippen LogP) is 1.06. The minimum Gasteiger partial charge on any atom is -0.481 e. The summed E-state index contributed by atoms with van der Waals surface area (Å²) >= 11 is 0. The van der Waals surface area contributed by atoms with E-state index in [1.54, 1.807) is 17.9 Å². The molecule has 0 aromatic carbocycles. The lowest BCUT2D eigenvalue weighted by atomic mass is 9.90. The van der Waals surface area contributed by atoms with Crippen LogP contribution in [0.5, 0.6) is 0 Å². The van der Waals surface area contributed by atoms with Crippen LogP contribution in [-0.2, 0) is 11.8 Å². The highest BCUT2D eigenvalue weighted by molar-refractivity contribution is 5.95. The third kappa shape index (κ3) is 1.99. The van der Waals surface area contributed by atoms with Crippen LogP contribution in [0.3, 0.4) is 0 Å². The summed E-state index contributed by atoms with van der Waals surface area (Å²) < 4.78 is 1.65. The largest absolute Gasteiger partial charge is 0.481 e. The molecule has 1 aliphatic carbocycles. The Hall–Kier alpha value is -1.85. The van der Waals surface area contributed by atoms with Gasteiger partial charge in [0.25, 0.3) is 5.91 Å². The fraction of sp³-hybridized carbons (Fsp3) is 0.643. The molecule has 6 nitrogen and oxygen atoms in total. The number of carbonyl (C=O) groups excluding carboxylic acids is 1. The number of carboxylic acids is 1. The number of amides is 1. The van der Waals surface area contributed by atoms with Crippen molar-refractivity contribution in [2.45, 2.75) is 26.2 Å². The number of rotatable bonds is 2. The van der Waals surface area contributed by atoms with Crippen molar-refractivity contribution in [2.75, 3.05) is 13.1 Å². The summed E-state index contributed by atoms with van der Waals surface area (Å²) in [6.07, 6.45) is 4.12. The van der Waals surface area contributed by atoms with Crippen LogP contribution in [0.15, 0.2) is 6.20 Å². The molecule has 1 saturated carbocycles. The lowest BCUT2D eigenvalue weighted by Gasteiger charge is -2.32. The SMILES string of the molecule is Cc1nn(C)cc1C(=O)N1CCC2(CC1)CC2C(=O)O. The second kappa shape index (κ2) is 4.33. The van der Waals surface area contributed by atoms with Crippen LogP contribution < -0.4 is 0 Å². The van der Waals surface area contributed by atoms with E-state index in [4.69, 9.17) is 5.11 Å². The molecule has 1 aliphatic heterocycles.